The van der Waals surface area contributed by atoms with Crippen LogP contribution in [0.3, 0.4) is 0 Å². The molecule has 0 bridgehead atoms. The van der Waals surface area contributed by atoms with E-state index in [-0.39, 0.29) is 0 Å². The van der Waals surface area contributed by atoms with Crippen molar-refractivity contribution in [3.8, 4) is 0 Å². The minimum Gasteiger partial charge on any atom is -0.365 e. The summed E-state index contributed by atoms with van der Waals surface area (Å²) in [6, 6.07) is 0.639. The van der Waals surface area contributed by atoms with Crippen LogP contribution in [0, 0.1) is 0 Å². The lowest BCUT2D eigenvalue weighted by Gasteiger charge is -2.02. The summed E-state index contributed by atoms with van der Waals surface area (Å²) in [6.45, 7) is 3.86. The Morgan fingerprint density at radius 1 is 1.75 bits per heavy atom. The molecule has 48 valence electrons. The fourth-order valence-corrected chi connectivity index (χ4v) is 0.971. The highest BCUT2D eigenvalue weighted by Gasteiger charge is 2.11. The lowest BCUT2D eigenvalue weighted by atomic mass is 10.2. The van der Waals surface area contributed by atoms with Crippen LogP contribution in [0.4, 0.5) is 0 Å². The van der Waals surface area contributed by atoms with Gasteiger partial charge in [-0.1, -0.05) is 13.3 Å². The second-order valence-electron chi connectivity index (χ2n) is 2.20. The van der Waals surface area contributed by atoms with Gasteiger partial charge in [0.25, 0.3) is 0 Å². The molecule has 0 amide bonds. The van der Waals surface area contributed by atoms with Crippen LogP contribution in [0.15, 0.2) is 0 Å². The molecule has 2 nitrogen and oxygen atoms in total. The Labute approximate surface area is 50.2 Å². The first-order valence-electron chi connectivity index (χ1n) is 3.24. The highest BCUT2D eigenvalue weighted by atomic mass is 16.5. The molecule has 1 atom stereocenters. The highest BCUT2D eigenvalue weighted by molar-refractivity contribution is 4.67. The first-order chi connectivity index (χ1) is 3.93. The zero-order valence-corrected chi connectivity index (χ0v) is 5.31. The largest absolute Gasteiger partial charge is 0.365 e. The molecule has 1 rings (SSSR count). The standard InChI is InChI=1S/C6H13NO/c1-2-3-6-4-8-5-7-6/h6-7H,2-5H2,1H3. The van der Waals surface area contributed by atoms with E-state index in [2.05, 4.69) is 12.2 Å². The van der Waals surface area contributed by atoms with Gasteiger partial charge in [-0.2, -0.15) is 0 Å². The summed E-state index contributed by atoms with van der Waals surface area (Å²) in [5, 5.41) is 3.24. The molecule has 1 aliphatic heterocycles. The number of ether oxygens (including phenoxy) is 1. The fourth-order valence-electron chi connectivity index (χ4n) is 0.971. The minimum absolute atomic E-state index is 0.639. The minimum atomic E-state index is 0.639. The molecule has 1 aliphatic rings. The molecule has 0 aromatic heterocycles. The normalized spacial score (nSPS) is 28.9. The number of hydrogen-bond acceptors (Lipinski definition) is 2. The van der Waals surface area contributed by atoms with Crippen LogP contribution in [0.5, 0.6) is 0 Å². The molecule has 0 aromatic carbocycles. The van der Waals surface area contributed by atoms with Gasteiger partial charge in [-0.15, -0.1) is 0 Å². The lowest BCUT2D eigenvalue weighted by molar-refractivity contribution is 0.189. The van der Waals surface area contributed by atoms with Crippen molar-refractivity contribution >= 4 is 0 Å². The third-order valence-corrected chi connectivity index (χ3v) is 1.43. The molecule has 0 aromatic rings. The zero-order chi connectivity index (χ0) is 5.82. The molecule has 1 fully saturated rings. The van der Waals surface area contributed by atoms with Crippen LogP contribution in [0.25, 0.3) is 0 Å². The Morgan fingerprint density at radius 3 is 3.12 bits per heavy atom. The zero-order valence-electron chi connectivity index (χ0n) is 5.31. The van der Waals surface area contributed by atoms with Gasteiger partial charge in [-0.05, 0) is 6.42 Å². The molecular formula is C6H13NO. The Bertz CT molecular complexity index is 59.5. The summed E-state index contributed by atoms with van der Waals surface area (Å²) in [6.07, 6.45) is 2.50. The second-order valence-corrected chi connectivity index (χ2v) is 2.20. The van der Waals surface area contributed by atoms with Crippen molar-refractivity contribution in [3.63, 3.8) is 0 Å². The third kappa shape index (κ3) is 1.46. The Hall–Kier alpha value is -0.0800. The van der Waals surface area contributed by atoms with E-state index in [9.17, 15) is 0 Å². The van der Waals surface area contributed by atoms with Crippen molar-refractivity contribution in [2.75, 3.05) is 13.3 Å². The van der Waals surface area contributed by atoms with Crippen LogP contribution in [-0.2, 0) is 4.74 Å². The SMILES string of the molecule is CCCC1COCN1. The van der Waals surface area contributed by atoms with Gasteiger partial charge in [-0.3, -0.25) is 5.32 Å². The number of hydrogen-bond donors (Lipinski definition) is 1. The maximum atomic E-state index is 5.10. The van der Waals surface area contributed by atoms with Crippen molar-refractivity contribution in [2.24, 2.45) is 0 Å². The third-order valence-electron chi connectivity index (χ3n) is 1.43. The van der Waals surface area contributed by atoms with Crippen molar-refractivity contribution in [1.82, 2.24) is 5.32 Å². The highest BCUT2D eigenvalue weighted by Crippen LogP contribution is 2.01. The van der Waals surface area contributed by atoms with Gasteiger partial charge in [0.1, 0.15) is 0 Å². The van der Waals surface area contributed by atoms with Crippen LogP contribution in [0.2, 0.25) is 0 Å². The molecule has 1 unspecified atom stereocenters. The Kier molecular flexibility index (Phi) is 2.30. The van der Waals surface area contributed by atoms with Crippen molar-refractivity contribution in [3.05, 3.63) is 0 Å². The summed E-state index contributed by atoms with van der Waals surface area (Å²) in [4.78, 5) is 0. The molecule has 0 spiro atoms. The molecule has 0 aliphatic carbocycles. The molecule has 1 saturated heterocycles. The molecule has 1 heterocycles. The number of nitrogens with one attached hydrogen (secondary N) is 1. The quantitative estimate of drug-likeness (QED) is 0.573. The molecular weight excluding hydrogens is 102 g/mol. The first-order valence-corrected chi connectivity index (χ1v) is 3.24. The summed E-state index contributed by atoms with van der Waals surface area (Å²) >= 11 is 0. The van der Waals surface area contributed by atoms with E-state index in [0.29, 0.717) is 6.04 Å². The van der Waals surface area contributed by atoms with E-state index in [1.807, 2.05) is 0 Å². The van der Waals surface area contributed by atoms with Crippen molar-refractivity contribution < 1.29 is 4.74 Å². The summed E-state index contributed by atoms with van der Waals surface area (Å²) in [5.41, 5.74) is 0. The first kappa shape index (κ1) is 6.05. The van der Waals surface area contributed by atoms with E-state index in [1.165, 1.54) is 12.8 Å². The summed E-state index contributed by atoms with van der Waals surface area (Å²) in [7, 11) is 0. The van der Waals surface area contributed by atoms with Crippen molar-refractivity contribution in [1.29, 1.82) is 0 Å². The Morgan fingerprint density at radius 2 is 2.62 bits per heavy atom. The maximum absolute atomic E-state index is 5.10. The molecule has 2 heteroatoms. The van der Waals surface area contributed by atoms with Crippen molar-refractivity contribution in [2.45, 2.75) is 25.8 Å². The van der Waals surface area contributed by atoms with Crippen LogP contribution >= 0.6 is 0 Å². The molecule has 8 heavy (non-hydrogen) atoms. The predicted octanol–water partition coefficient (Wildman–Crippen LogP) is 0.732. The van der Waals surface area contributed by atoms with E-state index >= 15 is 0 Å². The van der Waals surface area contributed by atoms with Gasteiger partial charge < -0.3 is 4.74 Å². The summed E-state index contributed by atoms with van der Waals surface area (Å²) in [5.74, 6) is 0. The van der Waals surface area contributed by atoms with E-state index in [0.717, 1.165) is 13.3 Å². The molecule has 0 saturated carbocycles. The second kappa shape index (κ2) is 3.05. The van der Waals surface area contributed by atoms with Crippen LogP contribution in [-0.4, -0.2) is 19.4 Å². The average Bonchev–Trinajstić information content (AvgIpc) is 2.19. The number of rotatable bonds is 2. The van der Waals surface area contributed by atoms with Gasteiger partial charge in [-0.25, -0.2) is 0 Å². The van der Waals surface area contributed by atoms with Gasteiger partial charge in [0.2, 0.25) is 0 Å². The smallest absolute Gasteiger partial charge is 0.0968 e. The summed E-state index contributed by atoms with van der Waals surface area (Å²) < 4.78 is 5.10. The van der Waals surface area contributed by atoms with E-state index in [4.69, 9.17) is 4.74 Å². The van der Waals surface area contributed by atoms with Gasteiger partial charge >= 0.3 is 0 Å². The van der Waals surface area contributed by atoms with Gasteiger partial charge in [0.15, 0.2) is 0 Å². The maximum Gasteiger partial charge on any atom is 0.0968 e. The topological polar surface area (TPSA) is 21.3 Å². The van der Waals surface area contributed by atoms with Gasteiger partial charge in [0.05, 0.1) is 13.3 Å². The lowest BCUT2D eigenvalue weighted by Crippen LogP contribution is -2.22. The van der Waals surface area contributed by atoms with Gasteiger partial charge in [0, 0.05) is 6.04 Å². The van der Waals surface area contributed by atoms with Crippen LogP contribution < -0.4 is 5.32 Å². The van der Waals surface area contributed by atoms with E-state index in [1.54, 1.807) is 0 Å². The molecule has 1 N–H and O–H groups in total. The molecule has 0 radical (unpaired) electrons. The average molecular weight is 115 g/mol. The van der Waals surface area contributed by atoms with Crippen LogP contribution in [0.1, 0.15) is 19.8 Å². The van der Waals surface area contributed by atoms with E-state index < -0.39 is 0 Å². The monoisotopic (exact) mass is 115 g/mol. The fraction of sp³-hybridized carbons (Fsp3) is 1.00. The Balaban J connectivity index is 2.06. The predicted molar refractivity (Wildman–Crippen MR) is 32.7 cm³/mol.